The summed E-state index contributed by atoms with van der Waals surface area (Å²) in [6, 6.07) is 0. The van der Waals surface area contributed by atoms with Gasteiger partial charge in [0.2, 0.25) is 5.91 Å². The van der Waals surface area contributed by atoms with E-state index in [-0.39, 0.29) is 5.91 Å². The first-order valence-corrected chi connectivity index (χ1v) is 4.16. The molecule has 0 atom stereocenters. The van der Waals surface area contributed by atoms with Crippen LogP contribution >= 0.6 is 0 Å². The highest BCUT2D eigenvalue weighted by Crippen LogP contribution is 1.91. The SMILES string of the molecule is CNCCNC(=O)CCCC=O. The zero-order valence-electron chi connectivity index (χ0n) is 7.43. The summed E-state index contributed by atoms with van der Waals surface area (Å²) in [7, 11) is 1.83. The van der Waals surface area contributed by atoms with Crippen molar-refractivity contribution in [2.45, 2.75) is 19.3 Å². The predicted octanol–water partition coefficient (Wildman–Crippen LogP) is -0.309. The fourth-order valence-electron chi connectivity index (χ4n) is 0.761. The van der Waals surface area contributed by atoms with Crippen LogP contribution in [0.5, 0.6) is 0 Å². The van der Waals surface area contributed by atoms with Crippen LogP contribution < -0.4 is 10.6 Å². The van der Waals surface area contributed by atoms with Crippen LogP contribution in [-0.2, 0) is 9.59 Å². The van der Waals surface area contributed by atoms with Crippen molar-refractivity contribution in [3.63, 3.8) is 0 Å². The highest BCUT2D eigenvalue weighted by atomic mass is 16.1. The number of aldehydes is 1. The molecule has 0 fully saturated rings. The molecule has 12 heavy (non-hydrogen) atoms. The van der Waals surface area contributed by atoms with Crippen LogP contribution in [-0.4, -0.2) is 32.3 Å². The first kappa shape index (κ1) is 11.1. The van der Waals surface area contributed by atoms with Crippen LogP contribution in [0.1, 0.15) is 19.3 Å². The van der Waals surface area contributed by atoms with Crippen molar-refractivity contribution in [2.75, 3.05) is 20.1 Å². The third-order valence-electron chi connectivity index (χ3n) is 1.42. The van der Waals surface area contributed by atoms with E-state index >= 15 is 0 Å². The molecule has 0 aromatic heterocycles. The minimum absolute atomic E-state index is 0.0205. The number of carbonyl (C=O) groups excluding carboxylic acids is 2. The molecule has 0 aliphatic carbocycles. The Kier molecular flexibility index (Phi) is 7.58. The first-order valence-electron chi connectivity index (χ1n) is 4.16. The van der Waals surface area contributed by atoms with E-state index in [0.717, 1.165) is 12.8 Å². The van der Waals surface area contributed by atoms with E-state index < -0.39 is 0 Å². The summed E-state index contributed by atoms with van der Waals surface area (Å²) < 4.78 is 0. The number of rotatable bonds is 7. The zero-order valence-corrected chi connectivity index (χ0v) is 7.43. The Hall–Kier alpha value is -0.900. The van der Waals surface area contributed by atoms with Crippen molar-refractivity contribution in [1.82, 2.24) is 10.6 Å². The molecule has 0 radical (unpaired) electrons. The van der Waals surface area contributed by atoms with Gasteiger partial charge < -0.3 is 15.4 Å². The molecule has 0 aromatic rings. The van der Waals surface area contributed by atoms with Crippen LogP contribution in [0.2, 0.25) is 0 Å². The second-order valence-electron chi connectivity index (χ2n) is 2.51. The third-order valence-corrected chi connectivity index (χ3v) is 1.42. The molecule has 0 saturated carbocycles. The summed E-state index contributed by atoms with van der Waals surface area (Å²) >= 11 is 0. The van der Waals surface area contributed by atoms with Crippen molar-refractivity contribution in [3.8, 4) is 0 Å². The Balaban J connectivity index is 3.15. The topological polar surface area (TPSA) is 58.2 Å². The Labute approximate surface area is 72.7 Å². The van der Waals surface area contributed by atoms with Crippen LogP contribution in [0.4, 0.5) is 0 Å². The molecule has 0 heterocycles. The van der Waals surface area contributed by atoms with Gasteiger partial charge in [-0.15, -0.1) is 0 Å². The maximum absolute atomic E-state index is 10.9. The lowest BCUT2D eigenvalue weighted by atomic mass is 10.2. The third kappa shape index (κ3) is 7.21. The smallest absolute Gasteiger partial charge is 0.220 e. The highest BCUT2D eigenvalue weighted by Gasteiger charge is 1.98. The predicted molar refractivity (Wildman–Crippen MR) is 46.9 cm³/mol. The second-order valence-corrected chi connectivity index (χ2v) is 2.51. The molecule has 0 aliphatic heterocycles. The lowest BCUT2D eigenvalue weighted by molar-refractivity contribution is -0.121. The minimum Gasteiger partial charge on any atom is -0.355 e. The number of amides is 1. The van der Waals surface area contributed by atoms with Gasteiger partial charge in [0.15, 0.2) is 0 Å². The molecule has 1 amide bonds. The van der Waals surface area contributed by atoms with Crippen molar-refractivity contribution in [1.29, 1.82) is 0 Å². The highest BCUT2D eigenvalue weighted by molar-refractivity contribution is 5.76. The van der Waals surface area contributed by atoms with Crippen molar-refractivity contribution < 1.29 is 9.59 Å². The van der Waals surface area contributed by atoms with Gasteiger partial charge in [-0.1, -0.05) is 0 Å². The summed E-state index contributed by atoms with van der Waals surface area (Å²) in [4.78, 5) is 20.8. The lowest BCUT2D eigenvalue weighted by Crippen LogP contribution is -2.30. The van der Waals surface area contributed by atoms with E-state index in [0.29, 0.717) is 25.8 Å². The van der Waals surface area contributed by atoms with E-state index in [1.165, 1.54) is 0 Å². The second kappa shape index (κ2) is 8.20. The van der Waals surface area contributed by atoms with E-state index in [1.54, 1.807) is 0 Å². The molecule has 4 heteroatoms. The number of nitrogens with one attached hydrogen (secondary N) is 2. The number of carbonyl (C=O) groups is 2. The average molecular weight is 172 g/mol. The van der Waals surface area contributed by atoms with Crippen molar-refractivity contribution in [3.05, 3.63) is 0 Å². The van der Waals surface area contributed by atoms with Crippen LogP contribution in [0.15, 0.2) is 0 Å². The van der Waals surface area contributed by atoms with Gasteiger partial charge in [-0.05, 0) is 13.5 Å². The first-order chi connectivity index (χ1) is 5.81. The van der Waals surface area contributed by atoms with Gasteiger partial charge in [-0.2, -0.15) is 0 Å². The van der Waals surface area contributed by atoms with Gasteiger partial charge in [-0.3, -0.25) is 4.79 Å². The van der Waals surface area contributed by atoms with E-state index in [2.05, 4.69) is 10.6 Å². The number of hydrogen-bond acceptors (Lipinski definition) is 3. The van der Waals surface area contributed by atoms with Crippen molar-refractivity contribution >= 4 is 12.2 Å². The monoisotopic (exact) mass is 172 g/mol. The molecule has 70 valence electrons. The molecule has 0 spiro atoms. The maximum Gasteiger partial charge on any atom is 0.220 e. The molecular formula is C8H16N2O2. The molecule has 0 unspecified atom stereocenters. The molecule has 0 saturated heterocycles. The van der Waals surface area contributed by atoms with Crippen LogP contribution in [0.25, 0.3) is 0 Å². The molecule has 0 rings (SSSR count). The van der Waals surface area contributed by atoms with Crippen LogP contribution in [0, 0.1) is 0 Å². The summed E-state index contributed by atoms with van der Waals surface area (Å²) in [5.74, 6) is 0.0205. The van der Waals surface area contributed by atoms with E-state index in [4.69, 9.17) is 0 Å². The Morgan fingerprint density at radius 3 is 2.75 bits per heavy atom. The average Bonchev–Trinajstić information content (AvgIpc) is 2.06. The van der Waals surface area contributed by atoms with Gasteiger partial charge >= 0.3 is 0 Å². The fraction of sp³-hybridized carbons (Fsp3) is 0.750. The van der Waals surface area contributed by atoms with Crippen molar-refractivity contribution in [2.24, 2.45) is 0 Å². The Morgan fingerprint density at radius 1 is 1.42 bits per heavy atom. The summed E-state index contributed by atoms with van der Waals surface area (Å²) in [5.41, 5.74) is 0. The normalized spacial score (nSPS) is 9.42. The maximum atomic E-state index is 10.9. The van der Waals surface area contributed by atoms with Gasteiger partial charge in [-0.25, -0.2) is 0 Å². The molecule has 0 aliphatic rings. The molecule has 4 nitrogen and oxygen atoms in total. The quantitative estimate of drug-likeness (QED) is 0.409. The van der Waals surface area contributed by atoms with Gasteiger partial charge in [0.1, 0.15) is 6.29 Å². The van der Waals surface area contributed by atoms with Crippen LogP contribution in [0.3, 0.4) is 0 Å². The zero-order chi connectivity index (χ0) is 9.23. The summed E-state index contributed by atoms with van der Waals surface area (Å²) in [5, 5.41) is 5.64. The summed E-state index contributed by atoms with van der Waals surface area (Å²) in [6.07, 6.45) is 2.40. The fourth-order valence-corrected chi connectivity index (χ4v) is 0.761. The number of likely N-dealkylation sites (N-methyl/N-ethyl adjacent to an activating group) is 1. The molecule has 2 N–H and O–H groups in total. The van der Waals surface area contributed by atoms with E-state index in [1.807, 2.05) is 7.05 Å². The Bertz CT molecular complexity index is 137. The molecular weight excluding hydrogens is 156 g/mol. The Morgan fingerprint density at radius 2 is 2.17 bits per heavy atom. The molecule has 0 aromatic carbocycles. The molecule has 0 bridgehead atoms. The van der Waals surface area contributed by atoms with E-state index in [9.17, 15) is 9.59 Å². The standard InChI is InChI=1S/C8H16N2O2/c1-9-5-6-10-8(12)4-2-3-7-11/h7,9H,2-6H2,1H3,(H,10,12). The minimum atomic E-state index is 0.0205. The number of unbranched alkanes of at least 4 members (excludes halogenated alkanes) is 1. The van der Waals surface area contributed by atoms with Gasteiger partial charge in [0.05, 0.1) is 0 Å². The number of hydrogen-bond donors (Lipinski definition) is 2. The van der Waals surface area contributed by atoms with Gasteiger partial charge in [0, 0.05) is 25.9 Å². The lowest BCUT2D eigenvalue weighted by Gasteiger charge is -2.02. The summed E-state index contributed by atoms with van der Waals surface area (Å²) in [6.45, 7) is 1.43. The largest absolute Gasteiger partial charge is 0.355 e. The van der Waals surface area contributed by atoms with Gasteiger partial charge in [0.25, 0.3) is 0 Å².